The summed E-state index contributed by atoms with van der Waals surface area (Å²) in [7, 11) is 0. The number of rotatable bonds is 6. The third kappa shape index (κ3) is 5.20. The minimum Gasteiger partial charge on any atom is -0.368 e. The monoisotopic (exact) mass is 482 g/mol. The summed E-state index contributed by atoms with van der Waals surface area (Å²) in [5.74, 6) is 2.00. The fourth-order valence-corrected chi connectivity index (χ4v) is 4.78. The van der Waals surface area contributed by atoms with Crippen molar-refractivity contribution in [1.82, 2.24) is 19.9 Å². The average Bonchev–Trinajstić information content (AvgIpc) is 3.27. The molecule has 1 saturated heterocycles. The van der Waals surface area contributed by atoms with Crippen molar-refractivity contribution >= 4 is 34.5 Å². The fraction of sp³-hybridized carbons (Fsp3) is 0.345. The molecule has 7 heteroatoms. The lowest BCUT2D eigenvalue weighted by atomic mass is 9.89. The van der Waals surface area contributed by atoms with Crippen LogP contribution < -0.4 is 10.6 Å². The Morgan fingerprint density at radius 3 is 2.47 bits per heavy atom. The highest BCUT2D eigenvalue weighted by molar-refractivity contribution is 5.95. The van der Waals surface area contributed by atoms with E-state index in [1.165, 1.54) is 11.1 Å². The van der Waals surface area contributed by atoms with Gasteiger partial charge < -0.3 is 20.5 Å². The Balaban J connectivity index is 1.27. The van der Waals surface area contributed by atoms with Crippen LogP contribution in [0.3, 0.4) is 0 Å². The lowest BCUT2D eigenvalue weighted by Gasteiger charge is -2.32. The van der Waals surface area contributed by atoms with Crippen molar-refractivity contribution in [3.63, 3.8) is 0 Å². The predicted octanol–water partition coefficient (Wildman–Crippen LogP) is 6.16. The quantitative estimate of drug-likeness (QED) is 0.306. The van der Waals surface area contributed by atoms with E-state index in [2.05, 4.69) is 70.6 Å². The fourth-order valence-electron chi connectivity index (χ4n) is 4.78. The van der Waals surface area contributed by atoms with Gasteiger partial charge in [0.1, 0.15) is 5.82 Å². The number of imidazole rings is 1. The molecule has 2 aromatic heterocycles. The van der Waals surface area contributed by atoms with Crippen LogP contribution in [0.25, 0.3) is 11.2 Å². The second kappa shape index (κ2) is 10.0. The van der Waals surface area contributed by atoms with Crippen molar-refractivity contribution in [1.29, 1.82) is 0 Å². The zero-order valence-electron chi connectivity index (χ0n) is 21.4. The molecule has 4 aromatic rings. The maximum absolute atomic E-state index is 13.3. The standard InChI is InChI=1S/C29H34N6O/c1-18(2)30-26-12-11-24-27(33-26)34-29(31-24)32-25-17-23(10-7-20(25)4)28(36)35-15-13-22(14-16-35)21-8-5-19(3)6-9-21/h5-12,17-18,22H,13-16H2,1-4H3,(H3,30,31,32,33,34). The molecule has 0 spiro atoms. The predicted molar refractivity (Wildman–Crippen MR) is 146 cm³/mol. The Labute approximate surface area is 212 Å². The van der Waals surface area contributed by atoms with Gasteiger partial charge in [-0.1, -0.05) is 35.9 Å². The first kappa shape index (κ1) is 23.9. The minimum absolute atomic E-state index is 0.0797. The van der Waals surface area contributed by atoms with Crippen LogP contribution in [0.15, 0.2) is 54.6 Å². The summed E-state index contributed by atoms with van der Waals surface area (Å²) < 4.78 is 0. The molecule has 0 atom stereocenters. The number of piperidine rings is 1. The lowest BCUT2D eigenvalue weighted by molar-refractivity contribution is 0.0713. The Hall–Kier alpha value is -3.87. The van der Waals surface area contributed by atoms with Crippen molar-refractivity contribution in [3.05, 3.63) is 76.9 Å². The number of hydrogen-bond acceptors (Lipinski definition) is 5. The van der Waals surface area contributed by atoms with Crippen molar-refractivity contribution in [2.75, 3.05) is 23.7 Å². The summed E-state index contributed by atoms with van der Waals surface area (Å²) >= 11 is 0. The molecule has 7 nitrogen and oxygen atoms in total. The van der Waals surface area contributed by atoms with Crippen LogP contribution in [-0.2, 0) is 0 Å². The molecule has 2 aromatic carbocycles. The molecule has 0 unspecified atom stereocenters. The summed E-state index contributed by atoms with van der Waals surface area (Å²) in [5.41, 5.74) is 6.74. The number of carbonyl (C=O) groups excluding carboxylic acids is 1. The number of anilines is 3. The third-order valence-corrected chi connectivity index (χ3v) is 6.85. The zero-order chi connectivity index (χ0) is 25.2. The Morgan fingerprint density at radius 2 is 1.75 bits per heavy atom. The van der Waals surface area contributed by atoms with Crippen LogP contribution in [-0.4, -0.2) is 44.9 Å². The van der Waals surface area contributed by atoms with Gasteiger partial charge >= 0.3 is 0 Å². The molecule has 3 heterocycles. The smallest absolute Gasteiger partial charge is 0.253 e. The van der Waals surface area contributed by atoms with Gasteiger partial charge in [-0.05, 0) is 81.8 Å². The molecular formula is C29H34N6O. The highest BCUT2D eigenvalue weighted by Crippen LogP contribution is 2.30. The molecule has 5 rings (SSSR count). The minimum atomic E-state index is 0.0797. The summed E-state index contributed by atoms with van der Waals surface area (Å²) in [6, 6.07) is 18.8. The Bertz CT molecular complexity index is 1370. The number of likely N-dealkylation sites (tertiary alicyclic amines) is 1. The molecule has 0 bridgehead atoms. The highest BCUT2D eigenvalue weighted by Gasteiger charge is 2.25. The number of pyridine rings is 1. The molecule has 1 aliphatic heterocycles. The van der Waals surface area contributed by atoms with Gasteiger partial charge in [0.15, 0.2) is 5.65 Å². The van der Waals surface area contributed by atoms with E-state index in [4.69, 9.17) is 0 Å². The second-order valence-electron chi connectivity index (χ2n) is 10.1. The van der Waals surface area contributed by atoms with E-state index in [0.29, 0.717) is 29.1 Å². The largest absolute Gasteiger partial charge is 0.368 e. The van der Waals surface area contributed by atoms with Gasteiger partial charge in [-0.25, -0.2) is 4.98 Å². The number of carbonyl (C=O) groups is 1. The maximum Gasteiger partial charge on any atom is 0.253 e. The van der Waals surface area contributed by atoms with Gasteiger partial charge in [0.05, 0.1) is 5.52 Å². The van der Waals surface area contributed by atoms with Crippen LogP contribution in [0.2, 0.25) is 0 Å². The van der Waals surface area contributed by atoms with Gasteiger partial charge in [-0.15, -0.1) is 0 Å². The molecular weight excluding hydrogens is 448 g/mol. The summed E-state index contributed by atoms with van der Waals surface area (Å²) in [5, 5.41) is 6.66. The van der Waals surface area contributed by atoms with Gasteiger partial charge in [-0.2, -0.15) is 4.98 Å². The second-order valence-corrected chi connectivity index (χ2v) is 10.1. The van der Waals surface area contributed by atoms with E-state index in [0.717, 1.165) is 48.5 Å². The first-order valence-corrected chi connectivity index (χ1v) is 12.7. The van der Waals surface area contributed by atoms with Gasteiger partial charge in [0.25, 0.3) is 5.91 Å². The summed E-state index contributed by atoms with van der Waals surface area (Å²) in [4.78, 5) is 27.8. The molecule has 1 amide bonds. The number of fused-ring (bicyclic) bond motifs is 1. The van der Waals surface area contributed by atoms with E-state index in [1.54, 1.807) is 0 Å². The highest BCUT2D eigenvalue weighted by atomic mass is 16.2. The van der Waals surface area contributed by atoms with Gasteiger partial charge in [-0.3, -0.25) is 4.79 Å². The number of hydrogen-bond donors (Lipinski definition) is 3. The van der Waals surface area contributed by atoms with Crippen molar-refractivity contribution in [2.45, 2.75) is 52.5 Å². The normalized spacial score (nSPS) is 14.4. The number of amides is 1. The van der Waals surface area contributed by atoms with Crippen molar-refractivity contribution in [3.8, 4) is 0 Å². The van der Waals surface area contributed by atoms with Crippen molar-refractivity contribution in [2.24, 2.45) is 0 Å². The third-order valence-electron chi connectivity index (χ3n) is 6.85. The van der Waals surface area contributed by atoms with E-state index < -0.39 is 0 Å². The summed E-state index contributed by atoms with van der Waals surface area (Å²) in [6.07, 6.45) is 1.98. The van der Waals surface area contributed by atoms with E-state index in [9.17, 15) is 4.79 Å². The van der Waals surface area contributed by atoms with E-state index in [1.807, 2.05) is 42.2 Å². The van der Waals surface area contributed by atoms with Crippen LogP contribution in [0.4, 0.5) is 17.5 Å². The topological polar surface area (TPSA) is 85.9 Å². The Kier molecular flexibility index (Phi) is 6.63. The van der Waals surface area contributed by atoms with E-state index in [-0.39, 0.29) is 5.91 Å². The van der Waals surface area contributed by atoms with Crippen LogP contribution in [0.5, 0.6) is 0 Å². The summed E-state index contributed by atoms with van der Waals surface area (Å²) in [6.45, 7) is 9.84. The average molecular weight is 483 g/mol. The molecule has 1 fully saturated rings. The van der Waals surface area contributed by atoms with Gasteiger partial charge in [0.2, 0.25) is 5.95 Å². The molecule has 3 N–H and O–H groups in total. The number of aromatic nitrogens is 3. The lowest BCUT2D eigenvalue weighted by Crippen LogP contribution is -2.37. The molecule has 1 aliphatic rings. The number of aryl methyl sites for hydroxylation is 2. The molecule has 0 radical (unpaired) electrons. The molecule has 0 aliphatic carbocycles. The first-order chi connectivity index (χ1) is 17.4. The first-order valence-electron chi connectivity index (χ1n) is 12.7. The number of nitrogens with one attached hydrogen (secondary N) is 3. The van der Waals surface area contributed by atoms with Crippen LogP contribution in [0, 0.1) is 13.8 Å². The molecule has 186 valence electrons. The molecule has 0 saturated carbocycles. The molecule has 36 heavy (non-hydrogen) atoms. The zero-order valence-corrected chi connectivity index (χ0v) is 21.4. The van der Waals surface area contributed by atoms with Crippen LogP contribution in [0.1, 0.15) is 59.7 Å². The van der Waals surface area contributed by atoms with Gasteiger partial charge in [0, 0.05) is 30.4 Å². The number of H-pyrrole nitrogens is 1. The van der Waals surface area contributed by atoms with Crippen LogP contribution >= 0.6 is 0 Å². The SMILES string of the molecule is Cc1ccc(C2CCN(C(=O)c3ccc(C)c(Nc4nc5nc(NC(C)C)ccc5[nH]4)c3)CC2)cc1. The Morgan fingerprint density at radius 1 is 1.00 bits per heavy atom. The number of nitrogens with zero attached hydrogens (tertiary/aromatic N) is 3. The number of aromatic amines is 1. The van der Waals surface area contributed by atoms with E-state index >= 15 is 0 Å². The number of benzene rings is 2. The van der Waals surface area contributed by atoms with Crippen molar-refractivity contribution < 1.29 is 4.79 Å². The maximum atomic E-state index is 13.3.